The van der Waals surface area contributed by atoms with Crippen molar-refractivity contribution in [2.45, 2.75) is 19.9 Å². The van der Waals surface area contributed by atoms with Crippen LogP contribution in [0.1, 0.15) is 18.1 Å². The second-order valence-electron chi connectivity index (χ2n) is 4.01. The molecular formula is C14H17N3O2. The average molecular weight is 259 g/mol. The van der Waals surface area contributed by atoms with E-state index in [0.717, 1.165) is 12.0 Å². The summed E-state index contributed by atoms with van der Waals surface area (Å²) in [5, 5.41) is 7.76. The smallest absolute Gasteiger partial charge is 0.243 e. The van der Waals surface area contributed by atoms with Crippen molar-refractivity contribution >= 4 is 0 Å². The van der Waals surface area contributed by atoms with Crippen LogP contribution in [0.4, 0.5) is 0 Å². The van der Waals surface area contributed by atoms with E-state index in [1.165, 1.54) is 5.56 Å². The number of aromatic nitrogens is 2. The number of benzene rings is 1. The third kappa shape index (κ3) is 3.00. The lowest BCUT2D eigenvalue weighted by Gasteiger charge is -2.12. The van der Waals surface area contributed by atoms with E-state index in [4.69, 9.17) is 15.2 Å². The molecule has 5 nitrogen and oxygen atoms in total. The molecule has 1 aromatic heterocycles. The Bertz CT molecular complexity index is 558. The van der Waals surface area contributed by atoms with Crippen molar-refractivity contribution in [2.75, 3.05) is 7.11 Å². The molecule has 0 aliphatic rings. The van der Waals surface area contributed by atoms with Gasteiger partial charge >= 0.3 is 0 Å². The monoisotopic (exact) mass is 259 g/mol. The van der Waals surface area contributed by atoms with Crippen molar-refractivity contribution < 1.29 is 9.47 Å². The molecule has 0 radical (unpaired) electrons. The van der Waals surface area contributed by atoms with Gasteiger partial charge in [-0.2, -0.15) is 5.10 Å². The first-order valence-electron chi connectivity index (χ1n) is 6.13. The zero-order valence-corrected chi connectivity index (χ0v) is 11.1. The molecule has 19 heavy (non-hydrogen) atoms. The molecule has 5 heteroatoms. The molecule has 1 heterocycles. The molecule has 0 atom stereocenters. The van der Waals surface area contributed by atoms with Crippen LogP contribution in [0.5, 0.6) is 17.4 Å². The lowest BCUT2D eigenvalue weighted by Crippen LogP contribution is -2.02. The molecule has 0 spiro atoms. The minimum absolute atomic E-state index is 0.347. The summed E-state index contributed by atoms with van der Waals surface area (Å²) >= 11 is 0. The molecule has 0 amide bonds. The summed E-state index contributed by atoms with van der Waals surface area (Å²) in [5.74, 6) is 1.69. The number of nitrogens with two attached hydrogens (primary N) is 1. The highest BCUT2D eigenvalue weighted by atomic mass is 16.5. The Kier molecular flexibility index (Phi) is 4.30. The maximum absolute atomic E-state index is 5.74. The number of ether oxygens (including phenoxy) is 2. The molecule has 1 aromatic carbocycles. The fourth-order valence-corrected chi connectivity index (χ4v) is 1.71. The quantitative estimate of drug-likeness (QED) is 0.892. The SMILES string of the molecule is CCc1ccc(Oc2nnccc2CN)c(OC)c1. The summed E-state index contributed by atoms with van der Waals surface area (Å²) in [4.78, 5) is 0. The first kappa shape index (κ1) is 13.3. The summed E-state index contributed by atoms with van der Waals surface area (Å²) in [6.45, 7) is 2.44. The maximum atomic E-state index is 5.74. The van der Waals surface area contributed by atoms with Crippen LogP contribution in [0.15, 0.2) is 30.5 Å². The molecule has 0 aliphatic heterocycles. The first-order valence-corrected chi connectivity index (χ1v) is 6.13. The maximum Gasteiger partial charge on any atom is 0.243 e. The van der Waals surface area contributed by atoms with E-state index in [-0.39, 0.29) is 0 Å². The van der Waals surface area contributed by atoms with Crippen molar-refractivity contribution in [1.82, 2.24) is 10.2 Å². The van der Waals surface area contributed by atoms with E-state index < -0.39 is 0 Å². The van der Waals surface area contributed by atoms with E-state index in [1.807, 2.05) is 18.2 Å². The van der Waals surface area contributed by atoms with Crippen LogP contribution in [0.3, 0.4) is 0 Å². The van der Waals surface area contributed by atoms with Gasteiger partial charge in [-0.15, -0.1) is 5.10 Å². The second kappa shape index (κ2) is 6.15. The number of methoxy groups -OCH3 is 1. The minimum Gasteiger partial charge on any atom is -0.493 e. The standard InChI is InChI=1S/C14H17N3O2/c1-3-10-4-5-12(13(8-10)18-2)19-14-11(9-15)6-7-16-17-14/h4-8H,3,9,15H2,1-2H3. The third-order valence-corrected chi connectivity index (χ3v) is 2.83. The van der Waals surface area contributed by atoms with E-state index in [9.17, 15) is 0 Å². The van der Waals surface area contributed by atoms with Gasteiger partial charge in [-0.05, 0) is 30.2 Å². The lowest BCUT2D eigenvalue weighted by molar-refractivity contribution is 0.370. The van der Waals surface area contributed by atoms with Gasteiger partial charge in [-0.1, -0.05) is 13.0 Å². The summed E-state index contributed by atoms with van der Waals surface area (Å²) in [7, 11) is 1.61. The van der Waals surface area contributed by atoms with Crippen LogP contribution in [0, 0.1) is 0 Å². The van der Waals surface area contributed by atoms with Gasteiger partial charge in [-0.25, -0.2) is 0 Å². The summed E-state index contributed by atoms with van der Waals surface area (Å²) in [5.41, 5.74) is 7.63. The number of hydrogen-bond acceptors (Lipinski definition) is 5. The van der Waals surface area contributed by atoms with Gasteiger partial charge in [0.15, 0.2) is 11.5 Å². The third-order valence-electron chi connectivity index (χ3n) is 2.83. The zero-order chi connectivity index (χ0) is 13.7. The predicted octanol–water partition coefficient (Wildman–Crippen LogP) is 2.30. The van der Waals surface area contributed by atoms with E-state index in [2.05, 4.69) is 17.1 Å². The van der Waals surface area contributed by atoms with Crippen LogP contribution in [-0.4, -0.2) is 17.3 Å². The fourth-order valence-electron chi connectivity index (χ4n) is 1.71. The number of hydrogen-bond donors (Lipinski definition) is 1. The molecule has 100 valence electrons. The number of rotatable bonds is 5. The molecule has 0 fully saturated rings. The Morgan fingerprint density at radius 1 is 1.21 bits per heavy atom. The van der Waals surface area contributed by atoms with Gasteiger partial charge < -0.3 is 15.2 Å². The van der Waals surface area contributed by atoms with Gasteiger partial charge in [-0.3, -0.25) is 0 Å². The van der Waals surface area contributed by atoms with Crippen molar-refractivity contribution in [1.29, 1.82) is 0 Å². The van der Waals surface area contributed by atoms with Crippen molar-refractivity contribution in [2.24, 2.45) is 5.73 Å². The van der Waals surface area contributed by atoms with Crippen LogP contribution in [0.25, 0.3) is 0 Å². The van der Waals surface area contributed by atoms with Crippen LogP contribution < -0.4 is 15.2 Å². The predicted molar refractivity (Wildman–Crippen MR) is 72.4 cm³/mol. The molecule has 0 saturated carbocycles. The highest BCUT2D eigenvalue weighted by Crippen LogP contribution is 2.32. The minimum atomic E-state index is 0.347. The summed E-state index contributed by atoms with van der Waals surface area (Å²) < 4.78 is 11.1. The van der Waals surface area contributed by atoms with Gasteiger partial charge in [0.05, 0.1) is 13.3 Å². The van der Waals surface area contributed by atoms with E-state index in [1.54, 1.807) is 19.4 Å². The van der Waals surface area contributed by atoms with Crippen molar-refractivity contribution in [3.63, 3.8) is 0 Å². The van der Waals surface area contributed by atoms with Gasteiger partial charge in [0.2, 0.25) is 5.88 Å². The molecule has 0 unspecified atom stereocenters. The number of nitrogens with zero attached hydrogens (tertiary/aromatic N) is 2. The zero-order valence-electron chi connectivity index (χ0n) is 11.1. The van der Waals surface area contributed by atoms with Crippen LogP contribution in [-0.2, 0) is 13.0 Å². The van der Waals surface area contributed by atoms with Crippen molar-refractivity contribution in [3.05, 3.63) is 41.6 Å². The Labute approximate surface area is 112 Å². The molecule has 0 bridgehead atoms. The van der Waals surface area contributed by atoms with Crippen molar-refractivity contribution in [3.8, 4) is 17.4 Å². The molecular weight excluding hydrogens is 242 g/mol. The summed E-state index contributed by atoms with van der Waals surface area (Å²) in [6.07, 6.45) is 2.53. The topological polar surface area (TPSA) is 70.3 Å². The molecule has 2 rings (SSSR count). The van der Waals surface area contributed by atoms with Gasteiger partial charge in [0.25, 0.3) is 0 Å². The Morgan fingerprint density at radius 2 is 2.05 bits per heavy atom. The molecule has 2 aromatic rings. The fraction of sp³-hybridized carbons (Fsp3) is 0.286. The largest absolute Gasteiger partial charge is 0.493 e. The Balaban J connectivity index is 2.32. The molecule has 0 saturated heterocycles. The van der Waals surface area contributed by atoms with Gasteiger partial charge in [0.1, 0.15) is 0 Å². The average Bonchev–Trinajstić information content (AvgIpc) is 2.48. The second-order valence-corrected chi connectivity index (χ2v) is 4.01. The molecule has 2 N–H and O–H groups in total. The Hall–Kier alpha value is -2.14. The van der Waals surface area contributed by atoms with Crippen LogP contribution in [0.2, 0.25) is 0 Å². The highest BCUT2D eigenvalue weighted by Gasteiger charge is 2.10. The normalized spacial score (nSPS) is 10.3. The first-order chi connectivity index (χ1) is 9.28. The van der Waals surface area contributed by atoms with Gasteiger partial charge in [0, 0.05) is 12.1 Å². The summed E-state index contributed by atoms with van der Waals surface area (Å²) in [6, 6.07) is 7.60. The van der Waals surface area contributed by atoms with E-state index in [0.29, 0.717) is 23.9 Å². The highest BCUT2D eigenvalue weighted by molar-refractivity contribution is 5.45. The van der Waals surface area contributed by atoms with Crippen LogP contribution >= 0.6 is 0 Å². The van der Waals surface area contributed by atoms with E-state index >= 15 is 0 Å². The lowest BCUT2D eigenvalue weighted by atomic mass is 10.1. The number of aryl methyl sites for hydroxylation is 1. The molecule has 0 aliphatic carbocycles. The Morgan fingerprint density at radius 3 is 2.74 bits per heavy atom.